The third-order valence-corrected chi connectivity index (χ3v) is 10.3. The van der Waals surface area contributed by atoms with Gasteiger partial charge in [0, 0.05) is 53.0 Å². The third-order valence-electron chi connectivity index (χ3n) is 9.12. The fraction of sp³-hybridized carbons (Fsp3) is 0. The highest BCUT2D eigenvalue weighted by Crippen LogP contribution is 2.43. The summed E-state index contributed by atoms with van der Waals surface area (Å²) in [6.45, 7) is 0. The summed E-state index contributed by atoms with van der Waals surface area (Å²) in [5.41, 5.74) is 6.80. The van der Waals surface area contributed by atoms with Gasteiger partial charge in [-0.25, -0.2) is 15.0 Å². The second-order valence-corrected chi connectivity index (χ2v) is 13.0. The van der Waals surface area contributed by atoms with Gasteiger partial charge in [-0.15, -0.1) is 11.3 Å². The van der Waals surface area contributed by atoms with E-state index >= 15 is 0 Å². The van der Waals surface area contributed by atoms with Crippen LogP contribution in [0.25, 0.3) is 98.2 Å². The van der Waals surface area contributed by atoms with E-state index in [9.17, 15) is 0 Å². The predicted molar refractivity (Wildman–Crippen MR) is 199 cm³/mol. The first-order valence-electron chi connectivity index (χ1n) is 15.9. The maximum atomic E-state index is 6.74. The van der Waals surface area contributed by atoms with Gasteiger partial charge in [0.1, 0.15) is 11.2 Å². The first-order chi connectivity index (χ1) is 23.8. The summed E-state index contributed by atoms with van der Waals surface area (Å²) in [7, 11) is 0. The average molecular weight is 632 g/mol. The summed E-state index contributed by atoms with van der Waals surface area (Å²) in [6, 6.07) is 52.6. The number of benzene rings is 7. The van der Waals surface area contributed by atoms with Crippen LogP contribution in [0.5, 0.6) is 0 Å². The molecular formula is C43H25N3OS. The van der Waals surface area contributed by atoms with Crippen molar-refractivity contribution >= 4 is 64.2 Å². The fourth-order valence-electron chi connectivity index (χ4n) is 6.86. The van der Waals surface area contributed by atoms with E-state index in [0.29, 0.717) is 17.5 Å². The van der Waals surface area contributed by atoms with Crippen LogP contribution in [0.4, 0.5) is 0 Å². The van der Waals surface area contributed by atoms with Gasteiger partial charge in [-0.2, -0.15) is 0 Å². The van der Waals surface area contributed by atoms with Crippen molar-refractivity contribution in [2.24, 2.45) is 0 Å². The molecule has 48 heavy (non-hydrogen) atoms. The van der Waals surface area contributed by atoms with E-state index < -0.39 is 0 Å². The molecule has 0 unspecified atom stereocenters. The van der Waals surface area contributed by atoms with E-state index in [0.717, 1.165) is 60.5 Å². The Labute approximate surface area is 279 Å². The molecule has 224 valence electrons. The number of rotatable bonds is 4. The molecule has 4 nitrogen and oxygen atoms in total. The summed E-state index contributed by atoms with van der Waals surface area (Å²) in [4.78, 5) is 15.2. The quantitative estimate of drug-likeness (QED) is 0.194. The molecule has 10 aromatic rings. The molecule has 0 bridgehead atoms. The molecule has 0 aliphatic rings. The van der Waals surface area contributed by atoms with E-state index in [1.165, 1.54) is 20.2 Å². The van der Waals surface area contributed by atoms with Crippen molar-refractivity contribution in [1.82, 2.24) is 15.0 Å². The summed E-state index contributed by atoms with van der Waals surface area (Å²) in [5.74, 6) is 1.89. The van der Waals surface area contributed by atoms with E-state index in [4.69, 9.17) is 19.4 Å². The minimum absolute atomic E-state index is 0.604. The van der Waals surface area contributed by atoms with Crippen molar-refractivity contribution in [3.63, 3.8) is 0 Å². The Morgan fingerprint density at radius 1 is 0.438 bits per heavy atom. The van der Waals surface area contributed by atoms with Gasteiger partial charge < -0.3 is 4.42 Å². The minimum atomic E-state index is 0.604. The van der Waals surface area contributed by atoms with Gasteiger partial charge in [0.2, 0.25) is 0 Å². The van der Waals surface area contributed by atoms with Crippen LogP contribution in [0, 0.1) is 0 Å². The Morgan fingerprint density at radius 2 is 1.10 bits per heavy atom. The van der Waals surface area contributed by atoms with E-state index in [-0.39, 0.29) is 0 Å². The van der Waals surface area contributed by atoms with Crippen molar-refractivity contribution < 1.29 is 4.42 Å². The first kappa shape index (κ1) is 27.0. The van der Waals surface area contributed by atoms with Crippen LogP contribution in [0.15, 0.2) is 156 Å². The highest BCUT2D eigenvalue weighted by atomic mass is 32.1. The average Bonchev–Trinajstić information content (AvgIpc) is 3.74. The Morgan fingerprint density at radius 3 is 1.94 bits per heavy atom. The van der Waals surface area contributed by atoms with Crippen molar-refractivity contribution in [3.8, 4) is 45.3 Å². The summed E-state index contributed by atoms with van der Waals surface area (Å²) >= 11 is 1.78. The highest BCUT2D eigenvalue weighted by Gasteiger charge is 2.20. The molecule has 0 spiro atoms. The maximum absolute atomic E-state index is 6.74. The molecule has 0 fully saturated rings. The van der Waals surface area contributed by atoms with Crippen LogP contribution in [-0.2, 0) is 0 Å². The molecule has 0 radical (unpaired) electrons. The normalized spacial score (nSPS) is 11.8. The number of fused-ring (bicyclic) bond motifs is 8. The zero-order chi connectivity index (χ0) is 31.6. The second kappa shape index (κ2) is 10.7. The number of nitrogens with zero attached hydrogens (tertiary/aromatic N) is 3. The minimum Gasteiger partial charge on any atom is -0.455 e. The topological polar surface area (TPSA) is 51.8 Å². The lowest BCUT2D eigenvalue weighted by Crippen LogP contribution is -2.00. The molecule has 3 aromatic heterocycles. The molecule has 10 rings (SSSR count). The molecule has 7 aromatic carbocycles. The lowest BCUT2D eigenvalue weighted by atomic mass is 9.95. The molecule has 0 aliphatic heterocycles. The molecule has 0 atom stereocenters. The second-order valence-electron chi connectivity index (χ2n) is 12.0. The third kappa shape index (κ3) is 4.25. The zero-order valence-electron chi connectivity index (χ0n) is 25.6. The van der Waals surface area contributed by atoms with Crippen LogP contribution in [-0.4, -0.2) is 15.0 Å². The highest BCUT2D eigenvalue weighted by molar-refractivity contribution is 7.26. The number of thiophene rings is 1. The number of aromatic nitrogens is 3. The Balaban J connectivity index is 1.21. The summed E-state index contributed by atoms with van der Waals surface area (Å²) < 4.78 is 9.16. The molecule has 0 amide bonds. The number of furan rings is 1. The molecule has 0 saturated heterocycles. The van der Waals surface area contributed by atoms with Gasteiger partial charge in [0.25, 0.3) is 0 Å². The zero-order valence-corrected chi connectivity index (χ0v) is 26.4. The van der Waals surface area contributed by atoms with Gasteiger partial charge >= 0.3 is 0 Å². The summed E-state index contributed by atoms with van der Waals surface area (Å²) in [5, 5.41) is 6.87. The fourth-order valence-corrected chi connectivity index (χ4v) is 8.07. The molecule has 3 heterocycles. The van der Waals surface area contributed by atoms with Crippen LogP contribution < -0.4 is 0 Å². The Kier molecular flexibility index (Phi) is 6.01. The number of hydrogen-bond donors (Lipinski definition) is 0. The molecular weight excluding hydrogens is 607 g/mol. The largest absolute Gasteiger partial charge is 0.455 e. The lowest BCUT2D eigenvalue weighted by Gasteiger charge is -2.09. The predicted octanol–water partition coefficient (Wildman–Crippen LogP) is 12.0. The van der Waals surface area contributed by atoms with Crippen LogP contribution >= 0.6 is 11.3 Å². The van der Waals surface area contributed by atoms with Gasteiger partial charge in [0.15, 0.2) is 17.5 Å². The van der Waals surface area contributed by atoms with Crippen molar-refractivity contribution in [2.45, 2.75) is 0 Å². The smallest absolute Gasteiger partial charge is 0.165 e. The van der Waals surface area contributed by atoms with Gasteiger partial charge in [-0.3, -0.25) is 0 Å². The lowest BCUT2D eigenvalue weighted by molar-refractivity contribution is 0.673. The summed E-state index contributed by atoms with van der Waals surface area (Å²) in [6.07, 6.45) is 0. The van der Waals surface area contributed by atoms with Crippen molar-refractivity contribution in [3.05, 3.63) is 152 Å². The molecule has 0 N–H and O–H groups in total. The van der Waals surface area contributed by atoms with E-state index in [1.54, 1.807) is 11.3 Å². The first-order valence-corrected chi connectivity index (χ1v) is 16.8. The van der Waals surface area contributed by atoms with Gasteiger partial charge in [0.05, 0.1) is 0 Å². The van der Waals surface area contributed by atoms with E-state index in [1.807, 2.05) is 30.3 Å². The monoisotopic (exact) mass is 631 g/mol. The molecule has 0 saturated carbocycles. The van der Waals surface area contributed by atoms with Gasteiger partial charge in [-0.05, 0) is 46.8 Å². The molecule has 0 aliphatic carbocycles. The van der Waals surface area contributed by atoms with E-state index in [2.05, 4.69) is 121 Å². The Hall–Kier alpha value is -6.17. The molecule has 5 heteroatoms. The maximum Gasteiger partial charge on any atom is 0.165 e. The van der Waals surface area contributed by atoms with Crippen LogP contribution in [0.3, 0.4) is 0 Å². The van der Waals surface area contributed by atoms with Crippen LogP contribution in [0.1, 0.15) is 0 Å². The Bertz CT molecular complexity index is 2840. The van der Waals surface area contributed by atoms with Crippen LogP contribution in [0.2, 0.25) is 0 Å². The SMILES string of the molecule is c1ccc(-c2nc(-c3ccc4c(c3)oc3c5ccccc5cc(-c5ccccc5)c43)nc(-c3cccc4c3sc3ccccc34)n2)cc1. The standard InChI is InChI=1S/C43H25N3OS/c1-3-12-26(13-4-1)35-24-28-16-7-8-17-30(28)39-38(35)33-23-22-29(25-36(33)47-39)42-44-41(27-14-5-2-6-15-27)45-43(46-42)34-20-11-19-32-31-18-9-10-21-37(31)48-40(32)34/h1-25H. The number of hydrogen-bond acceptors (Lipinski definition) is 5. The van der Waals surface area contributed by atoms with Gasteiger partial charge in [-0.1, -0.05) is 121 Å². The van der Waals surface area contributed by atoms with Crippen molar-refractivity contribution in [2.75, 3.05) is 0 Å². The van der Waals surface area contributed by atoms with Crippen molar-refractivity contribution in [1.29, 1.82) is 0 Å².